The van der Waals surface area contributed by atoms with E-state index >= 15 is 0 Å². The molecule has 0 bridgehead atoms. The number of ether oxygens (including phenoxy) is 1. The zero-order valence-corrected chi connectivity index (χ0v) is 19.1. The van der Waals surface area contributed by atoms with Crippen LogP contribution < -0.4 is 10.6 Å². The lowest BCUT2D eigenvalue weighted by Gasteiger charge is -2.47. The zero-order valence-electron chi connectivity index (χ0n) is 17.6. The third kappa shape index (κ3) is 6.06. The van der Waals surface area contributed by atoms with Crippen molar-refractivity contribution >= 4 is 28.9 Å². The van der Waals surface area contributed by atoms with E-state index in [0.29, 0.717) is 12.6 Å². The second-order valence-electron chi connectivity index (χ2n) is 9.55. The summed E-state index contributed by atoms with van der Waals surface area (Å²) in [5, 5.41) is 8.98. The van der Waals surface area contributed by atoms with E-state index in [4.69, 9.17) is 28.6 Å². The molecule has 2 aliphatic rings. The summed E-state index contributed by atoms with van der Waals surface area (Å²) in [6.45, 7) is 11.4. The maximum Gasteiger partial charge on any atom is 0.169 e. The first-order valence-electron chi connectivity index (χ1n) is 10.3. The maximum absolute atomic E-state index is 6.43. The second kappa shape index (κ2) is 8.86. The van der Waals surface area contributed by atoms with Crippen molar-refractivity contribution < 1.29 is 4.74 Å². The van der Waals surface area contributed by atoms with Gasteiger partial charge >= 0.3 is 0 Å². The molecule has 0 saturated carbocycles. The van der Waals surface area contributed by atoms with E-state index in [9.17, 15) is 0 Å². The van der Waals surface area contributed by atoms with Crippen LogP contribution in [-0.4, -0.2) is 46.4 Å². The van der Waals surface area contributed by atoms with Crippen LogP contribution >= 0.6 is 23.8 Å². The summed E-state index contributed by atoms with van der Waals surface area (Å²) in [6, 6.07) is 8.35. The quantitative estimate of drug-likeness (QED) is 0.681. The van der Waals surface area contributed by atoms with Gasteiger partial charge in [0.25, 0.3) is 0 Å². The monoisotopic (exact) mass is 423 g/mol. The average Bonchev–Trinajstić information content (AvgIpc) is 3.06. The molecule has 0 amide bonds. The van der Waals surface area contributed by atoms with Gasteiger partial charge < -0.3 is 20.3 Å². The molecule has 0 aromatic heterocycles. The van der Waals surface area contributed by atoms with Gasteiger partial charge in [-0.1, -0.05) is 29.8 Å². The molecular weight excluding hydrogens is 390 g/mol. The Balaban J connectivity index is 1.71. The minimum atomic E-state index is 0.0805. The normalized spacial score (nSPS) is 24.1. The Morgan fingerprint density at radius 2 is 1.93 bits per heavy atom. The molecule has 6 heteroatoms. The van der Waals surface area contributed by atoms with Crippen molar-refractivity contribution in [3.8, 4) is 0 Å². The fourth-order valence-electron chi connectivity index (χ4n) is 4.78. The SMILES string of the molecule is CC1(C)CC(NC(=S)N(Cc2ccccc2Cl)CC2CCCO2)CC(C)(C)N1. The van der Waals surface area contributed by atoms with E-state index in [1.165, 1.54) is 0 Å². The first-order chi connectivity index (χ1) is 13.1. The van der Waals surface area contributed by atoms with E-state index < -0.39 is 0 Å². The van der Waals surface area contributed by atoms with Crippen molar-refractivity contribution in [3.63, 3.8) is 0 Å². The van der Waals surface area contributed by atoms with E-state index in [1.54, 1.807) is 0 Å². The lowest BCUT2D eigenvalue weighted by atomic mass is 9.80. The number of rotatable bonds is 5. The lowest BCUT2D eigenvalue weighted by Crippen LogP contribution is -2.63. The largest absolute Gasteiger partial charge is 0.376 e. The second-order valence-corrected chi connectivity index (χ2v) is 10.3. The van der Waals surface area contributed by atoms with Gasteiger partial charge in [-0.3, -0.25) is 0 Å². The van der Waals surface area contributed by atoms with Crippen LogP contribution in [0.2, 0.25) is 5.02 Å². The van der Waals surface area contributed by atoms with Gasteiger partial charge in [0.05, 0.1) is 6.10 Å². The molecule has 0 spiro atoms. The fraction of sp³-hybridized carbons (Fsp3) is 0.682. The highest BCUT2D eigenvalue weighted by atomic mass is 35.5. The molecule has 1 unspecified atom stereocenters. The van der Waals surface area contributed by atoms with Crippen LogP contribution in [0.25, 0.3) is 0 Å². The molecule has 2 fully saturated rings. The van der Waals surface area contributed by atoms with Gasteiger partial charge in [-0.15, -0.1) is 0 Å². The Morgan fingerprint density at radius 3 is 2.54 bits per heavy atom. The van der Waals surface area contributed by atoms with Crippen LogP contribution in [-0.2, 0) is 11.3 Å². The molecule has 28 heavy (non-hydrogen) atoms. The Kier molecular flexibility index (Phi) is 6.91. The maximum atomic E-state index is 6.43. The summed E-state index contributed by atoms with van der Waals surface area (Å²) in [5.41, 5.74) is 1.26. The smallest absolute Gasteiger partial charge is 0.169 e. The molecule has 1 aromatic carbocycles. The number of nitrogens with one attached hydrogen (secondary N) is 2. The van der Waals surface area contributed by atoms with Gasteiger partial charge in [-0.05, 0) is 77.2 Å². The van der Waals surface area contributed by atoms with E-state index in [0.717, 1.165) is 54.5 Å². The minimum absolute atomic E-state index is 0.0805. The summed E-state index contributed by atoms with van der Waals surface area (Å²) in [5.74, 6) is 0. The summed E-state index contributed by atoms with van der Waals surface area (Å²) >= 11 is 12.3. The summed E-state index contributed by atoms with van der Waals surface area (Å²) in [6.07, 6.45) is 4.53. The molecule has 4 nitrogen and oxygen atoms in total. The number of thiocarbonyl (C=S) groups is 1. The third-order valence-corrected chi connectivity index (χ3v) is 6.32. The van der Waals surface area contributed by atoms with Gasteiger partial charge in [-0.2, -0.15) is 0 Å². The van der Waals surface area contributed by atoms with Crippen LogP contribution in [0.3, 0.4) is 0 Å². The topological polar surface area (TPSA) is 36.5 Å². The van der Waals surface area contributed by atoms with Crippen molar-refractivity contribution in [2.24, 2.45) is 0 Å². The van der Waals surface area contributed by atoms with Gasteiger partial charge in [0.1, 0.15) is 0 Å². The van der Waals surface area contributed by atoms with Gasteiger partial charge in [0.15, 0.2) is 5.11 Å². The Morgan fingerprint density at radius 1 is 1.25 bits per heavy atom. The van der Waals surface area contributed by atoms with Crippen LogP contribution in [0.1, 0.15) is 58.9 Å². The van der Waals surface area contributed by atoms with E-state index in [1.807, 2.05) is 18.2 Å². The molecule has 0 radical (unpaired) electrons. The number of halogens is 1. The van der Waals surface area contributed by atoms with Gasteiger partial charge in [0, 0.05) is 41.8 Å². The minimum Gasteiger partial charge on any atom is -0.376 e. The number of nitrogens with zero attached hydrogens (tertiary/aromatic N) is 1. The Labute approximate surface area is 180 Å². The zero-order chi connectivity index (χ0) is 20.4. The molecule has 156 valence electrons. The predicted molar refractivity (Wildman–Crippen MR) is 121 cm³/mol. The van der Waals surface area contributed by atoms with Crippen LogP contribution in [0.4, 0.5) is 0 Å². The molecule has 0 aliphatic carbocycles. The molecule has 1 atom stereocenters. The van der Waals surface area contributed by atoms with Crippen LogP contribution in [0.5, 0.6) is 0 Å². The molecule has 2 N–H and O–H groups in total. The van der Waals surface area contributed by atoms with Gasteiger partial charge in [0.2, 0.25) is 0 Å². The van der Waals surface area contributed by atoms with Crippen molar-refractivity contribution in [1.29, 1.82) is 0 Å². The highest BCUT2D eigenvalue weighted by molar-refractivity contribution is 7.80. The number of hydrogen-bond donors (Lipinski definition) is 2. The van der Waals surface area contributed by atoms with Crippen molar-refractivity contribution in [3.05, 3.63) is 34.9 Å². The average molecular weight is 424 g/mol. The summed E-state index contributed by atoms with van der Waals surface area (Å²) in [4.78, 5) is 2.23. The van der Waals surface area contributed by atoms with Crippen molar-refractivity contribution in [1.82, 2.24) is 15.5 Å². The molecule has 2 aliphatic heterocycles. The van der Waals surface area contributed by atoms with Crippen LogP contribution in [0, 0.1) is 0 Å². The third-order valence-electron chi connectivity index (χ3n) is 5.57. The Hall–Kier alpha value is -0.880. The molecular formula is C22H34ClN3OS. The molecule has 1 aromatic rings. The number of benzene rings is 1. The van der Waals surface area contributed by atoms with Gasteiger partial charge in [-0.25, -0.2) is 0 Å². The Bertz CT molecular complexity index is 672. The fourth-order valence-corrected chi connectivity index (χ4v) is 5.28. The number of hydrogen-bond acceptors (Lipinski definition) is 3. The predicted octanol–water partition coefficient (Wildman–Crippen LogP) is 4.50. The standard InChI is InChI=1S/C22H34ClN3OS/c1-21(2)12-17(13-22(3,4)25-21)24-20(28)26(15-18-9-7-11-27-18)14-16-8-5-6-10-19(16)23/h5-6,8,10,17-18,25H,7,9,11-15H2,1-4H3,(H,24,28). The highest BCUT2D eigenvalue weighted by Crippen LogP contribution is 2.29. The first-order valence-corrected chi connectivity index (χ1v) is 11.1. The number of piperidine rings is 1. The van der Waals surface area contributed by atoms with Crippen LogP contribution in [0.15, 0.2) is 24.3 Å². The molecule has 2 saturated heterocycles. The summed E-state index contributed by atoms with van der Waals surface area (Å²) < 4.78 is 5.89. The first kappa shape index (κ1) is 21.8. The summed E-state index contributed by atoms with van der Waals surface area (Å²) in [7, 11) is 0. The molecule has 3 rings (SSSR count). The van der Waals surface area contributed by atoms with E-state index in [2.05, 4.69) is 49.3 Å². The van der Waals surface area contributed by atoms with Crippen molar-refractivity contribution in [2.75, 3.05) is 13.2 Å². The highest BCUT2D eigenvalue weighted by Gasteiger charge is 2.38. The van der Waals surface area contributed by atoms with Crippen molar-refractivity contribution in [2.45, 2.75) is 83.1 Å². The molecule has 2 heterocycles. The van der Waals surface area contributed by atoms with E-state index in [-0.39, 0.29) is 17.2 Å². The lowest BCUT2D eigenvalue weighted by molar-refractivity contribution is 0.0887.